The van der Waals surface area contributed by atoms with E-state index in [0.717, 1.165) is 11.8 Å². The van der Waals surface area contributed by atoms with E-state index >= 15 is 0 Å². The molecule has 0 heterocycles. The Bertz CT molecular complexity index is 714. The zero-order valence-corrected chi connectivity index (χ0v) is 12.9. The monoisotopic (exact) mass is 319 g/mol. The molecule has 0 amide bonds. The first kappa shape index (κ1) is 16.2. The Balaban J connectivity index is 2.14. The molecule has 0 spiro atoms. The Kier molecular flexibility index (Phi) is 5.30. The van der Waals surface area contributed by atoms with Gasteiger partial charge < -0.3 is 4.74 Å². The number of nitrogens with one attached hydrogen (secondary N) is 1. The molecule has 2 aromatic carbocycles. The van der Waals surface area contributed by atoms with Crippen LogP contribution in [0.25, 0.3) is 0 Å². The number of benzene rings is 2. The lowest BCUT2D eigenvalue weighted by Crippen LogP contribution is -2.44. The standard InChI is InChI=1S/C16H17NO4S/c1-22(19,20)17-15(12-13-8-4-2-5-9-13)16(18)21-14-10-6-3-7-11-14/h2-11,15,17H,12H2,1H3/t15-/m0/s1. The molecule has 0 bridgehead atoms. The Morgan fingerprint density at radius 1 is 1.05 bits per heavy atom. The lowest BCUT2D eigenvalue weighted by atomic mass is 10.1. The van der Waals surface area contributed by atoms with E-state index in [2.05, 4.69) is 4.72 Å². The third-order valence-corrected chi connectivity index (χ3v) is 3.60. The van der Waals surface area contributed by atoms with Crippen molar-refractivity contribution in [2.75, 3.05) is 6.26 Å². The van der Waals surface area contributed by atoms with Gasteiger partial charge in [0.05, 0.1) is 6.26 Å². The van der Waals surface area contributed by atoms with E-state index in [0.29, 0.717) is 5.75 Å². The summed E-state index contributed by atoms with van der Waals surface area (Å²) in [4.78, 5) is 12.2. The molecule has 0 fully saturated rings. The number of hydrogen-bond acceptors (Lipinski definition) is 4. The summed E-state index contributed by atoms with van der Waals surface area (Å²) in [6.07, 6.45) is 1.24. The minimum Gasteiger partial charge on any atom is -0.425 e. The molecule has 2 rings (SSSR count). The minimum atomic E-state index is -3.53. The molecule has 2 aromatic rings. The van der Waals surface area contributed by atoms with Crippen LogP contribution >= 0.6 is 0 Å². The molecule has 6 heteroatoms. The van der Waals surface area contributed by atoms with Crippen molar-refractivity contribution in [3.05, 3.63) is 66.2 Å². The van der Waals surface area contributed by atoms with Crippen LogP contribution in [0.15, 0.2) is 60.7 Å². The van der Waals surface area contributed by atoms with Crippen molar-refractivity contribution in [3.63, 3.8) is 0 Å². The van der Waals surface area contributed by atoms with E-state index in [4.69, 9.17) is 4.74 Å². The fourth-order valence-electron chi connectivity index (χ4n) is 1.96. The van der Waals surface area contributed by atoms with Crippen molar-refractivity contribution in [1.82, 2.24) is 4.72 Å². The van der Waals surface area contributed by atoms with Gasteiger partial charge in [-0.25, -0.2) is 17.9 Å². The number of para-hydroxylation sites is 1. The predicted octanol–water partition coefficient (Wildman–Crippen LogP) is 1.75. The van der Waals surface area contributed by atoms with E-state index < -0.39 is 22.0 Å². The van der Waals surface area contributed by atoms with Crippen LogP contribution in [0.1, 0.15) is 5.56 Å². The van der Waals surface area contributed by atoms with E-state index in [-0.39, 0.29) is 6.42 Å². The van der Waals surface area contributed by atoms with Crippen LogP contribution < -0.4 is 9.46 Å². The number of ether oxygens (including phenoxy) is 1. The summed E-state index contributed by atoms with van der Waals surface area (Å²) in [5.74, 6) is -0.263. The first-order chi connectivity index (χ1) is 10.4. The van der Waals surface area contributed by atoms with Gasteiger partial charge >= 0.3 is 5.97 Å². The third kappa shape index (κ3) is 5.31. The minimum absolute atomic E-state index is 0.222. The second-order valence-corrected chi connectivity index (χ2v) is 6.65. The summed E-state index contributed by atoms with van der Waals surface area (Å²) in [6.45, 7) is 0. The predicted molar refractivity (Wildman–Crippen MR) is 84.0 cm³/mol. The molecule has 0 saturated heterocycles. The zero-order chi connectivity index (χ0) is 16.0. The Hall–Kier alpha value is -2.18. The number of carbonyl (C=O) groups is 1. The van der Waals surface area contributed by atoms with Crippen LogP contribution in [0, 0.1) is 0 Å². The number of esters is 1. The molecule has 0 aliphatic heterocycles. The lowest BCUT2D eigenvalue weighted by Gasteiger charge is -2.16. The van der Waals surface area contributed by atoms with Gasteiger partial charge in [-0.3, -0.25) is 0 Å². The fraction of sp³-hybridized carbons (Fsp3) is 0.188. The van der Waals surface area contributed by atoms with E-state index in [1.807, 2.05) is 30.3 Å². The Morgan fingerprint density at radius 3 is 2.14 bits per heavy atom. The topological polar surface area (TPSA) is 72.5 Å². The van der Waals surface area contributed by atoms with Crippen molar-refractivity contribution < 1.29 is 17.9 Å². The van der Waals surface area contributed by atoms with Crippen molar-refractivity contribution in [2.24, 2.45) is 0 Å². The van der Waals surface area contributed by atoms with Gasteiger partial charge in [0, 0.05) is 0 Å². The summed E-state index contributed by atoms with van der Waals surface area (Å²) >= 11 is 0. The van der Waals surface area contributed by atoms with Gasteiger partial charge in [0.15, 0.2) is 0 Å². The molecule has 0 saturated carbocycles. The number of sulfonamides is 1. The van der Waals surface area contributed by atoms with Gasteiger partial charge in [-0.2, -0.15) is 0 Å². The smallest absolute Gasteiger partial charge is 0.329 e. The van der Waals surface area contributed by atoms with E-state index in [1.165, 1.54) is 0 Å². The van der Waals surface area contributed by atoms with Crippen LogP contribution in [0.5, 0.6) is 5.75 Å². The van der Waals surface area contributed by atoms with Crippen LogP contribution in [-0.2, 0) is 21.2 Å². The van der Waals surface area contributed by atoms with Gasteiger partial charge in [0.25, 0.3) is 0 Å². The summed E-state index contributed by atoms with van der Waals surface area (Å²) < 4.78 is 30.5. The summed E-state index contributed by atoms with van der Waals surface area (Å²) in [7, 11) is -3.53. The molecule has 0 radical (unpaired) electrons. The molecule has 0 aliphatic rings. The molecule has 1 atom stereocenters. The average Bonchev–Trinajstić information content (AvgIpc) is 2.47. The van der Waals surface area contributed by atoms with Gasteiger partial charge in [0.1, 0.15) is 11.8 Å². The fourth-order valence-corrected chi connectivity index (χ4v) is 2.65. The van der Waals surface area contributed by atoms with Gasteiger partial charge in [-0.1, -0.05) is 48.5 Å². The van der Waals surface area contributed by atoms with E-state index in [9.17, 15) is 13.2 Å². The molecule has 116 valence electrons. The third-order valence-electron chi connectivity index (χ3n) is 2.89. The van der Waals surface area contributed by atoms with Gasteiger partial charge in [0.2, 0.25) is 10.0 Å². The molecular weight excluding hydrogens is 302 g/mol. The van der Waals surface area contributed by atoms with Crippen LogP contribution in [0.2, 0.25) is 0 Å². The largest absolute Gasteiger partial charge is 0.425 e. The van der Waals surface area contributed by atoms with Crippen molar-refractivity contribution in [1.29, 1.82) is 0 Å². The number of hydrogen-bond donors (Lipinski definition) is 1. The quantitative estimate of drug-likeness (QED) is 0.650. The summed E-state index contributed by atoms with van der Waals surface area (Å²) in [5, 5.41) is 0. The second kappa shape index (κ2) is 7.20. The molecule has 0 aliphatic carbocycles. The maximum Gasteiger partial charge on any atom is 0.329 e. The molecule has 1 N–H and O–H groups in total. The van der Waals surface area contributed by atoms with Crippen LogP contribution in [0.3, 0.4) is 0 Å². The molecule has 22 heavy (non-hydrogen) atoms. The Labute approximate surface area is 130 Å². The highest BCUT2D eigenvalue weighted by Crippen LogP contribution is 2.11. The lowest BCUT2D eigenvalue weighted by molar-refractivity contribution is -0.136. The van der Waals surface area contributed by atoms with Crippen molar-refractivity contribution in [2.45, 2.75) is 12.5 Å². The van der Waals surface area contributed by atoms with Crippen LogP contribution in [0.4, 0.5) is 0 Å². The van der Waals surface area contributed by atoms with Crippen LogP contribution in [-0.4, -0.2) is 26.7 Å². The zero-order valence-electron chi connectivity index (χ0n) is 12.1. The Morgan fingerprint density at radius 2 is 1.59 bits per heavy atom. The average molecular weight is 319 g/mol. The van der Waals surface area contributed by atoms with E-state index in [1.54, 1.807) is 30.3 Å². The molecular formula is C16H17NO4S. The summed E-state index contributed by atoms with van der Waals surface area (Å²) in [5.41, 5.74) is 0.841. The normalized spacial score (nSPS) is 12.6. The maximum absolute atomic E-state index is 12.2. The second-order valence-electron chi connectivity index (χ2n) is 4.87. The van der Waals surface area contributed by atoms with Crippen molar-refractivity contribution >= 4 is 16.0 Å². The van der Waals surface area contributed by atoms with Gasteiger partial charge in [-0.05, 0) is 24.1 Å². The van der Waals surface area contributed by atoms with Gasteiger partial charge in [-0.15, -0.1) is 0 Å². The number of carbonyl (C=O) groups excluding carboxylic acids is 1. The first-order valence-electron chi connectivity index (χ1n) is 6.72. The molecule has 0 aromatic heterocycles. The maximum atomic E-state index is 12.2. The SMILES string of the molecule is CS(=O)(=O)N[C@@H](Cc1ccccc1)C(=O)Oc1ccccc1. The highest BCUT2D eigenvalue weighted by Gasteiger charge is 2.24. The van der Waals surface area contributed by atoms with Crippen molar-refractivity contribution in [3.8, 4) is 5.75 Å². The summed E-state index contributed by atoms with van der Waals surface area (Å²) in [6, 6.07) is 16.7. The molecule has 0 unspecified atom stereocenters. The first-order valence-corrected chi connectivity index (χ1v) is 8.61. The molecule has 5 nitrogen and oxygen atoms in total. The highest BCUT2D eigenvalue weighted by atomic mass is 32.2. The highest BCUT2D eigenvalue weighted by molar-refractivity contribution is 7.88. The number of rotatable bonds is 6.